The van der Waals surface area contributed by atoms with Gasteiger partial charge in [0.15, 0.2) is 0 Å². The van der Waals surface area contributed by atoms with E-state index in [1.807, 2.05) is 13.8 Å². The van der Waals surface area contributed by atoms with Crippen LogP contribution in [0.5, 0.6) is 0 Å². The summed E-state index contributed by atoms with van der Waals surface area (Å²) in [4.78, 5) is 13.9. The molecule has 1 aliphatic heterocycles. The number of benzene rings is 1. The summed E-state index contributed by atoms with van der Waals surface area (Å²) in [6, 6.07) is 4.43. The number of amides is 1. The average Bonchev–Trinajstić information content (AvgIpc) is 2.30. The number of halogens is 2. The fourth-order valence-corrected chi connectivity index (χ4v) is 2.25. The van der Waals surface area contributed by atoms with Crippen molar-refractivity contribution in [2.24, 2.45) is 0 Å². The summed E-state index contributed by atoms with van der Waals surface area (Å²) in [5, 5.41) is 0. The lowest BCUT2D eigenvalue weighted by Crippen LogP contribution is -2.50. The maximum atomic E-state index is 13.4. The van der Waals surface area contributed by atoms with E-state index in [0.717, 1.165) is 0 Å². The van der Waals surface area contributed by atoms with E-state index in [-0.39, 0.29) is 11.5 Å². The lowest BCUT2D eigenvalue weighted by Gasteiger charge is -2.38. The highest BCUT2D eigenvalue weighted by Gasteiger charge is 2.30. The fraction of sp³-hybridized carbons (Fsp3) is 0.462. The van der Waals surface area contributed by atoms with Crippen molar-refractivity contribution in [2.75, 3.05) is 19.7 Å². The van der Waals surface area contributed by atoms with E-state index >= 15 is 0 Å². The van der Waals surface area contributed by atoms with Gasteiger partial charge in [-0.3, -0.25) is 4.79 Å². The van der Waals surface area contributed by atoms with Gasteiger partial charge in [0, 0.05) is 18.7 Å². The van der Waals surface area contributed by atoms with Crippen molar-refractivity contribution in [3.05, 3.63) is 34.1 Å². The first kappa shape index (κ1) is 13.5. The molecule has 0 aliphatic carbocycles. The van der Waals surface area contributed by atoms with Crippen LogP contribution >= 0.6 is 15.9 Å². The zero-order valence-corrected chi connectivity index (χ0v) is 12.0. The first-order chi connectivity index (χ1) is 8.39. The molecular weight excluding hydrogens is 301 g/mol. The van der Waals surface area contributed by atoms with Crippen LogP contribution in [0, 0.1) is 5.82 Å². The fourth-order valence-electron chi connectivity index (χ4n) is 2.00. The monoisotopic (exact) mass is 315 g/mol. The van der Waals surface area contributed by atoms with Crippen molar-refractivity contribution < 1.29 is 13.9 Å². The molecule has 18 heavy (non-hydrogen) atoms. The van der Waals surface area contributed by atoms with Crippen molar-refractivity contribution in [2.45, 2.75) is 19.4 Å². The van der Waals surface area contributed by atoms with Gasteiger partial charge >= 0.3 is 0 Å². The number of morpholine rings is 1. The minimum atomic E-state index is -0.423. The summed E-state index contributed by atoms with van der Waals surface area (Å²) in [7, 11) is 0. The van der Waals surface area contributed by atoms with Gasteiger partial charge < -0.3 is 9.64 Å². The van der Waals surface area contributed by atoms with Crippen LogP contribution in [-0.2, 0) is 4.74 Å². The first-order valence-corrected chi connectivity index (χ1v) is 6.57. The van der Waals surface area contributed by atoms with Gasteiger partial charge in [0.1, 0.15) is 5.82 Å². The molecule has 0 bridgehead atoms. The number of hydrogen-bond acceptors (Lipinski definition) is 2. The standard InChI is InChI=1S/C13H15BrFNO2/c1-13(2)8-16(5-6-18-13)12(17)9-3-4-10(14)11(15)7-9/h3-4,7H,5-6,8H2,1-2H3. The quantitative estimate of drug-likeness (QED) is 0.797. The Morgan fingerprint density at radius 2 is 2.22 bits per heavy atom. The maximum absolute atomic E-state index is 13.4. The molecule has 1 heterocycles. The van der Waals surface area contributed by atoms with Gasteiger partial charge in [0.2, 0.25) is 0 Å². The molecule has 1 aromatic rings. The predicted octanol–water partition coefficient (Wildman–Crippen LogP) is 2.84. The highest BCUT2D eigenvalue weighted by Crippen LogP contribution is 2.21. The summed E-state index contributed by atoms with van der Waals surface area (Å²) in [5.41, 5.74) is 0.0235. The number of carbonyl (C=O) groups excluding carboxylic acids is 1. The van der Waals surface area contributed by atoms with Crippen LogP contribution in [-0.4, -0.2) is 36.1 Å². The molecule has 2 rings (SSSR count). The summed E-state index contributed by atoms with van der Waals surface area (Å²) in [5.74, 6) is -0.578. The van der Waals surface area contributed by atoms with E-state index in [1.54, 1.807) is 17.0 Å². The minimum absolute atomic E-state index is 0.155. The van der Waals surface area contributed by atoms with Gasteiger partial charge in [-0.1, -0.05) is 0 Å². The van der Waals surface area contributed by atoms with E-state index in [9.17, 15) is 9.18 Å². The minimum Gasteiger partial charge on any atom is -0.372 e. The van der Waals surface area contributed by atoms with Crippen LogP contribution in [0.4, 0.5) is 4.39 Å². The SMILES string of the molecule is CC1(C)CN(C(=O)c2ccc(Br)c(F)c2)CCO1. The highest BCUT2D eigenvalue weighted by molar-refractivity contribution is 9.10. The van der Waals surface area contributed by atoms with E-state index in [1.165, 1.54) is 6.07 Å². The molecule has 0 saturated carbocycles. The van der Waals surface area contributed by atoms with Crippen LogP contribution in [0.1, 0.15) is 24.2 Å². The van der Waals surface area contributed by atoms with Gasteiger partial charge in [0.25, 0.3) is 5.91 Å². The molecule has 1 amide bonds. The van der Waals surface area contributed by atoms with Crippen molar-refractivity contribution in [1.82, 2.24) is 4.90 Å². The normalized spacial score (nSPS) is 18.8. The molecule has 0 aromatic heterocycles. The number of ether oxygens (including phenoxy) is 1. The Hall–Kier alpha value is -0.940. The van der Waals surface area contributed by atoms with Crippen molar-refractivity contribution in [3.8, 4) is 0 Å². The van der Waals surface area contributed by atoms with Gasteiger partial charge in [-0.05, 0) is 48.0 Å². The molecule has 1 aliphatic rings. The van der Waals surface area contributed by atoms with Crippen LogP contribution in [0.3, 0.4) is 0 Å². The Morgan fingerprint density at radius 3 is 2.83 bits per heavy atom. The topological polar surface area (TPSA) is 29.5 Å². The Balaban J connectivity index is 2.18. The van der Waals surface area contributed by atoms with E-state index < -0.39 is 5.82 Å². The molecule has 0 unspecified atom stereocenters. The summed E-state index contributed by atoms with van der Waals surface area (Å²) in [6.07, 6.45) is 0. The number of rotatable bonds is 1. The Kier molecular flexibility index (Phi) is 3.73. The van der Waals surface area contributed by atoms with E-state index in [2.05, 4.69) is 15.9 Å². The molecule has 0 radical (unpaired) electrons. The predicted molar refractivity (Wildman–Crippen MR) is 70.0 cm³/mol. The Labute approximate surface area is 114 Å². The second-order valence-corrected chi connectivity index (χ2v) is 5.82. The van der Waals surface area contributed by atoms with Crippen LogP contribution in [0.2, 0.25) is 0 Å². The van der Waals surface area contributed by atoms with Gasteiger partial charge in [0.05, 0.1) is 16.7 Å². The second-order valence-electron chi connectivity index (χ2n) is 4.96. The number of nitrogens with zero attached hydrogens (tertiary/aromatic N) is 1. The Bertz CT molecular complexity index is 476. The van der Waals surface area contributed by atoms with Gasteiger partial charge in [-0.2, -0.15) is 0 Å². The molecule has 1 fully saturated rings. The lowest BCUT2D eigenvalue weighted by molar-refractivity contribution is -0.0764. The summed E-state index contributed by atoms with van der Waals surface area (Å²) >= 11 is 3.07. The molecule has 0 N–H and O–H groups in total. The zero-order chi connectivity index (χ0) is 13.3. The third kappa shape index (κ3) is 2.90. The summed E-state index contributed by atoms with van der Waals surface area (Å²) in [6.45, 7) is 5.45. The number of carbonyl (C=O) groups is 1. The van der Waals surface area contributed by atoms with Gasteiger partial charge in [-0.25, -0.2) is 4.39 Å². The third-order valence-corrected chi connectivity index (χ3v) is 3.52. The highest BCUT2D eigenvalue weighted by atomic mass is 79.9. The van der Waals surface area contributed by atoms with Gasteiger partial charge in [-0.15, -0.1) is 0 Å². The van der Waals surface area contributed by atoms with Crippen LogP contribution in [0.25, 0.3) is 0 Å². The van der Waals surface area contributed by atoms with Crippen LogP contribution < -0.4 is 0 Å². The molecule has 5 heteroatoms. The molecule has 0 spiro atoms. The van der Waals surface area contributed by atoms with Crippen molar-refractivity contribution in [1.29, 1.82) is 0 Å². The Morgan fingerprint density at radius 1 is 1.50 bits per heavy atom. The van der Waals surface area contributed by atoms with E-state index in [4.69, 9.17) is 4.74 Å². The second kappa shape index (κ2) is 4.97. The lowest BCUT2D eigenvalue weighted by atomic mass is 10.1. The van der Waals surface area contributed by atoms with Crippen molar-refractivity contribution in [3.63, 3.8) is 0 Å². The summed E-state index contributed by atoms with van der Waals surface area (Å²) < 4.78 is 19.3. The molecule has 0 atom stereocenters. The third-order valence-electron chi connectivity index (χ3n) is 2.88. The molecule has 1 aromatic carbocycles. The molecule has 3 nitrogen and oxygen atoms in total. The van der Waals surface area contributed by atoms with E-state index in [0.29, 0.717) is 29.7 Å². The zero-order valence-electron chi connectivity index (χ0n) is 10.4. The first-order valence-electron chi connectivity index (χ1n) is 5.77. The van der Waals surface area contributed by atoms with Crippen molar-refractivity contribution >= 4 is 21.8 Å². The smallest absolute Gasteiger partial charge is 0.254 e. The maximum Gasteiger partial charge on any atom is 0.254 e. The molecular formula is C13H15BrFNO2. The number of hydrogen-bond donors (Lipinski definition) is 0. The average molecular weight is 316 g/mol. The molecule has 98 valence electrons. The largest absolute Gasteiger partial charge is 0.372 e. The molecule has 1 saturated heterocycles. The van der Waals surface area contributed by atoms with Crippen LogP contribution in [0.15, 0.2) is 22.7 Å².